The van der Waals surface area contributed by atoms with Crippen molar-refractivity contribution in [1.82, 2.24) is 9.62 Å². The number of hydrogen-bond acceptors (Lipinski definition) is 4. The van der Waals surface area contributed by atoms with Gasteiger partial charge in [0.1, 0.15) is 0 Å². The predicted molar refractivity (Wildman–Crippen MR) is 84.8 cm³/mol. The van der Waals surface area contributed by atoms with Crippen LogP contribution in [0.4, 0.5) is 0 Å². The highest BCUT2D eigenvalue weighted by Gasteiger charge is 2.13. The van der Waals surface area contributed by atoms with E-state index in [2.05, 4.69) is 23.5 Å². The quantitative estimate of drug-likeness (QED) is 0.673. The van der Waals surface area contributed by atoms with Gasteiger partial charge in [-0.15, -0.1) is 0 Å². The van der Waals surface area contributed by atoms with Crippen molar-refractivity contribution in [3.8, 4) is 0 Å². The highest BCUT2D eigenvalue weighted by atomic mass is 32.2. The Morgan fingerprint density at radius 3 is 2.38 bits per heavy atom. The Balaban J connectivity index is 2.49. The second-order valence-electron chi connectivity index (χ2n) is 5.44. The van der Waals surface area contributed by atoms with E-state index in [1.165, 1.54) is 0 Å². The fourth-order valence-electron chi connectivity index (χ4n) is 1.84. The van der Waals surface area contributed by atoms with Crippen molar-refractivity contribution >= 4 is 10.0 Å². The Kier molecular flexibility index (Phi) is 7.31. The zero-order valence-electron chi connectivity index (χ0n) is 13.0. The van der Waals surface area contributed by atoms with Gasteiger partial charge in [0.2, 0.25) is 10.0 Å². The summed E-state index contributed by atoms with van der Waals surface area (Å²) in [7, 11) is -1.41. The summed E-state index contributed by atoms with van der Waals surface area (Å²) in [4.78, 5) is 2.44. The minimum absolute atomic E-state index is 0.0632. The first-order valence-corrected chi connectivity index (χ1v) is 8.75. The number of aliphatic hydroxyl groups is 1. The van der Waals surface area contributed by atoms with Gasteiger partial charge in [-0.1, -0.05) is 12.1 Å². The van der Waals surface area contributed by atoms with Crippen molar-refractivity contribution in [2.24, 2.45) is 0 Å². The third-order valence-electron chi connectivity index (χ3n) is 3.50. The molecular formula is C15H26N2O3S. The molecule has 120 valence electrons. The van der Waals surface area contributed by atoms with Crippen LogP contribution in [0, 0.1) is 0 Å². The highest BCUT2D eigenvalue weighted by molar-refractivity contribution is 7.89. The van der Waals surface area contributed by atoms with Gasteiger partial charge < -0.3 is 10.0 Å². The molecule has 0 saturated heterocycles. The monoisotopic (exact) mass is 314 g/mol. The summed E-state index contributed by atoms with van der Waals surface area (Å²) in [5.41, 5.74) is 0.926. The number of nitrogens with zero attached hydrogens (tertiary/aromatic N) is 1. The van der Waals surface area contributed by atoms with Gasteiger partial charge in [-0.2, -0.15) is 0 Å². The van der Waals surface area contributed by atoms with Gasteiger partial charge in [-0.05, 0) is 58.0 Å². The largest absolute Gasteiger partial charge is 0.396 e. The van der Waals surface area contributed by atoms with Crippen LogP contribution in [0.3, 0.4) is 0 Å². The average Bonchev–Trinajstić information content (AvgIpc) is 2.44. The van der Waals surface area contributed by atoms with Gasteiger partial charge in [0.25, 0.3) is 0 Å². The van der Waals surface area contributed by atoms with Gasteiger partial charge >= 0.3 is 0 Å². The molecule has 21 heavy (non-hydrogen) atoms. The first-order valence-electron chi connectivity index (χ1n) is 7.26. The van der Waals surface area contributed by atoms with E-state index in [0.717, 1.165) is 18.5 Å². The molecule has 0 bridgehead atoms. The molecule has 1 aromatic rings. The Labute approximate surface area is 128 Å². The van der Waals surface area contributed by atoms with E-state index >= 15 is 0 Å². The summed E-state index contributed by atoms with van der Waals surface area (Å²) in [5, 5.41) is 8.84. The summed E-state index contributed by atoms with van der Waals surface area (Å²) >= 11 is 0. The van der Waals surface area contributed by atoms with E-state index in [1.807, 2.05) is 7.05 Å². The molecule has 0 radical (unpaired) electrons. The number of sulfonamides is 1. The van der Waals surface area contributed by atoms with Crippen LogP contribution in [0.2, 0.25) is 0 Å². The molecule has 0 fully saturated rings. The molecule has 0 aromatic heterocycles. The van der Waals surface area contributed by atoms with Gasteiger partial charge in [-0.25, -0.2) is 13.1 Å². The standard InChI is InChI=1S/C15H26N2O3S/c1-13(2)17(3)11-4-10-16-21(19,20)15-7-5-14(6-8-15)9-12-18/h5-8,13,16,18H,4,9-12H2,1-3H3. The van der Waals surface area contributed by atoms with E-state index in [-0.39, 0.29) is 11.5 Å². The van der Waals surface area contributed by atoms with Crippen LogP contribution in [0.15, 0.2) is 29.2 Å². The lowest BCUT2D eigenvalue weighted by Gasteiger charge is -2.20. The first kappa shape index (κ1) is 18.1. The second kappa shape index (κ2) is 8.48. The smallest absolute Gasteiger partial charge is 0.240 e. The third-order valence-corrected chi connectivity index (χ3v) is 4.97. The molecule has 0 heterocycles. The van der Waals surface area contributed by atoms with Crippen molar-refractivity contribution in [2.75, 3.05) is 26.7 Å². The van der Waals surface area contributed by atoms with Crippen molar-refractivity contribution in [3.05, 3.63) is 29.8 Å². The number of nitrogens with one attached hydrogen (secondary N) is 1. The average molecular weight is 314 g/mol. The van der Waals surface area contributed by atoms with E-state index in [9.17, 15) is 8.42 Å². The number of hydrogen-bond donors (Lipinski definition) is 2. The van der Waals surface area contributed by atoms with Crippen LogP contribution in [0.1, 0.15) is 25.8 Å². The van der Waals surface area contributed by atoms with Crippen molar-refractivity contribution in [1.29, 1.82) is 0 Å². The zero-order valence-corrected chi connectivity index (χ0v) is 13.9. The fraction of sp³-hybridized carbons (Fsp3) is 0.600. The highest BCUT2D eigenvalue weighted by Crippen LogP contribution is 2.11. The molecule has 0 aliphatic rings. The summed E-state index contributed by atoms with van der Waals surface area (Å²) in [5.74, 6) is 0. The molecule has 1 aromatic carbocycles. The lowest BCUT2D eigenvalue weighted by molar-refractivity contribution is 0.271. The summed E-state index contributed by atoms with van der Waals surface area (Å²) in [6.45, 7) is 5.57. The van der Waals surface area contributed by atoms with Crippen LogP contribution in [-0.4, -0.2) is 51.2 Å². The Morgan fingerprint density at radius 1 is 1.24 bits per heavy atom. The van der Waals surface area contributed by atoms with Crippen molar-refractivity contribution in [3.63, 3.8) is 0 Å². The van der Waals surface area contributed by atoms with Crippen LogP contribution >= 0.6 is 0 Å². The molecule has 0 aliphatic heterocycles. The van der Waals surface area contributed by atoms with Crippen LogP contribution < -0.4 is 4.72 Å². The first-order chi connectivity index (χ1) is 9.86. The number of benzene rings is 1. The Morgan fingerprint density at radius 2 is 1.86 bits per heavy atom. The molecule has 0 spiro atoms. The molecule has 6 heteroatoms. The summed E-state index contributed by atoms with van der Waals surface area (Å²) in [6, 6.07) is 7.08. The predicted octanol–water partition coefficient (Wildman–Crippen LogP) is 1.23. The third kappa shape index (κ3) is 6.13. The summed E-state index contributed by atoms with van der Waals surface area (Å²) < 4.78 is 26.8. The molecule has 0 amide bonds. The van der Waals surface area contributed by atoms with Gasteiger partial charge in [0, 0.05) is 19.2 Å². The van der Waals surface area contributed by atoms with Crippen molar-refractivity contribution < 1.29 is 13.5 Å². The maximum absolute atomic E-state index is 12.1. The van der Waals surface area contributed by atoms with Crippen molar-refractivity contribution in [2.45, 2.75) is 37.6 Å². The second-order valence-corrected chi connectivity index (χ2v) is 7.21. The molecule has 2 N–H and O–H groups in total. The van der Waals surface area contributed by atoms with Crippen LogP contribution in [0.5, 0.6) is 0 Å². The summed E-state index contributed by atoms with van der Waals surface area (Å²) in [6.07, 6.45) is 1.31. The van der Waals surface area contributed by atoms with Crippen LogP contribution in [-0.2, 0) is 16.4 Å². The van der Waals surface area contributed by atoms with Crippen LogP contribution in [0.25, 0.3) is 0 Å². The molecule has 5 nitrogen and oxygen atoms in total. The van der Waals surface area contributed by atoms with Gasteiger partial charge in [-0.3, -0.25) is 0 Å². The maximum Gasteiger partial charge on any atom is 0.240 e. The molecule has 0 atom stereocenters. The topological polar surface area (TPSA) is 69.6 Å². The normalized spacial score (nSPS) is 12.3. The SMILES string of the molecule is CC(C)N(C)CCCNS(=O)(=O)c1ccc(CCO)cc1. The number of rotatable bonds is 9. The minimum Gasteiger partial charge on any atom is -0.396 e. The fourth-order valence-corrected chi connectivity index (χ4v) is 2.92. The van der Waals surface area contributed by atoms with E-state index in [1.54, 1.807) is 24.3 Å². The number of aliphatic hydroxyl groups excluding tert-OH is 1. The zero-order chi connectivity index (χ0) is 15.9. The molecular weight excluding hydrogens is 288 g/mol. The minimum atomic E-state index is -3.44. The molecule has 1 rings (SSSR count). The molecule has 0 unspecified atom stereocenters. The van der Waals surface area contributed by atoms with Gasteiger partial charge in [0.15, 0.2) is 0 Å². The Hall–Kier alpha value is -0.950. The lowest BCUT2D eigenvalue weighted by atomic mass is 10.2. The van der Waals surface area contributed by atoms with E-state index < -0.39 is 10.0 Å². The van der Waals surface area contributed by atoms with E-state index in [4.69, 9.17) is 5.11 Å². The molecule has 0 saturated carbocycles. The lowest BCUT2D eigenvalue weighted by Crippen LogP contribution is -2.31. The van der Waals surface area contributed by atoms with Gasteiger partial charge in [0.05, 0.1) is 4.90 Å². The van der Waals surface area contributed by atoms with E-state index in [0.29, 0.717) is 19.0 Å². The Bertz CT molecular complexity index is 512. The molecule has 0 aliphatic carbocycles. The maximum atomic E-state index is 12.1.